The Bertz CT molecular complexity index is 460. The van der Waals surface area contributed by atoms with Gasteiger partial charge < -0.3 is 5.32 Å². The van der Waals surface area contributed by atoms with Crippen molar-refractivity contribution in [3.05, 3.63) is 15.8 Å². The van der Waals surface area contributed by atoms with E-state index in [1.165, 1.54) is 4.68 Å². The fourth-order valence-corrected chi connectivity index (χ4v) is 2.48. The van der Waals surface area contributed by atoms with Crippen molar-refractivity contribution in [2.24, 2.45) is 7.05 Å². The largest absolute Gasteiger partial charge is 0.363 e. The lowest BCUT2D eigenvalue weighted by molar-refractivity contribution is -0.384. The monoisotopic (exact) mass is 283 g/mol. The standard InChI is InChI=1S/C13H25N5O2/c1-9(2)17(10(3)4)8-7-14-13-12(18(19)20)11(5)15-16(13)6/h9-10,14H,7-8H2,1-6H3. The van der Waals surface area contributed by atoms with E-state index in [1.807, 2.05) is 0 Å². The van der Waals surface area contributed by atoms with Gasteiger partial charge in [-0.25, -0.2) is 4.68 Å². The summed E-state index contributed by atoms with van der Waals surface area (Å²) < 4.78 is 1.53. The van der Waals surface area contributed by atoms with Crippen LogP contribution in [0.5, 0.6) is 0 Å². The van der Waals surface area contributed by atoms with Gasteiger partial charge in [-0.3, -0.25) is 15.0 Å². The molecule has 1 N–H and O–H groups in total. The van der Waals surface area contributed by atoms with Gasteiger partial charge >= 0.3 is 5.69 Å². The van der Waals surface area contributed by atoms with Crippen molar-refractivity contribution in [1.82, 2.24) is 14.7 Å². The highest BCUT2D eigenvalue weighted by Gasteiger charge is 2.23. The maximum atomic E-state index is 11.1. The number of hydrogen-bond donors (Lipinski definition) is 1. The number of nitrogens with zero attached hydrogens (tertiary/aromatic N) is 4. The first kappa shape index (κ1) is 16.4. The molecule has 0 aliphatic heterocycles. The Balaban J connectivity index is 2.73. The van der Waals surface area contributed by atoms with Crippen LogP contribution in [0.25, 0.3) is 0 Å². The quantitative estimate of drug-likeness (QED) is 0.613. The number of nitrogens with one attached hydrogen (secondary N) is 1. The van der Waals surface area contributed by atoms with E-state index >= 15 is 0 Å². The Morgan fingerprint density at radius 3 is 2.35 bits per heavy atom. The molecule has 1 aromatic heterocycles. The molecule has 0 aliphatic rings. The number of nitro groups is 1. The highest BCUT2D eigenvalue weighted by molar-refractivity contribution is 5.59. The first-order valence-electron chi connectivity index (χ1n) is 6.93. The van der Waals surface area contributed by atoms with Gasteiger partial charge in [0.05, 0.1) is 4.92 Å². The van der Waals surface area contributed by atoms with E-state index in [1.54, 1.807) is 14.0 Å². The van der Waals surface area contributed by atoms with Gasteiger partial charge in [0.15, 0.2) is 0 Å². The van der Waals surface area contributed by atoms with Crippen LogP contribution in [0.1, 0.15) is 33.4 Å². The van der Waals surface area contributed by atoms with Crippen LogP contribution in [0, 0.1) is 17.0 Å². The van der Waals surface area contributed by atoms with Crippen molar-refractivity contribution >= 4 is 11.5 Å². The summed E-state index contributed by atoms with van der Waals surface area (Å²) in [5, 5.41) is 18.3. The molecule has 1 rings (SSSR count). The summed E-state index contributed by atoms with van der Waals surface area (Å²) in [6.45, 7) is 11.7. The summed E-state index contributed by atoms with van der Waals surface area (Å²) in [5.74, 6) is 0.472. The first-order chi connectivity index (χ1) is 9.25. The second-order valence-corrected chi connectivity index (χ2v) is 5.52. The van der Waals surface area contributed by atoms with E-state index < -0.39 is 0 Å². The number of aromatic nitrogens is 2. The second kappa shape index (κ2) is 6.69. The highest BCUT2D eigenvalue weighted by Crippen LogP contribution is 2.26. The molecule has 0 amide bonds. The van der Waals surface area contributed by atoms with Crippen LogP contribution in [0.4, 0.5) is 11.5 Å². The number of rotatable bonds is 7. The van der Waals surface area contributed by atoms with Crippen molar-refractivity contribution in [3.63, 3.8) is 0 Å². The van der Waals surface area contributed by atoms with E-state index in [-0.39, 0.29) is 10.6 Å². The van der Waals surface area contributed by atoms with Crippen LogP contribution in [-0.2, 0) is 7.05 Å². The summed E-state index contributed by atoms with van der Waals surface area (Å²) in [5.41, 5.74) is 0.498. The molecule has 0 fully saturated rings. The molecule has 0 atom stereocenters. The predicted octanol–water partition coefficient (Wildman–Crippen LogP) is 2.17. The van der Waals surface area contributed by atoms with Crippen molar-refractivity contribution < 1.29 is 4.92 Å². The summed E-state index contributed by atoms with van der Waals surface area (Å²) in [6.07, 6.45) is 0. The Morgan fingerprint density at radius 1 is 1.35 bits per heavy atom. The second-order valence-electron chi connectivity index (χ2n) is 5.52. The van der Waals surface area contributed by atoms with Crippen LogP contribution in [0.2, 0.25) is 0 Å². The lowest BCUT2D eigenvalue weighted by Gasteiger charge is -2.30. The fraction of sp³-hybridized carbons (Fsp3) is 0.769. The maximum Gasteiger partial charge on any atom is 0.333 e. The van der Waals surface area contributed by atoms with Gasteiger partial charge in [-0.15, -0.1) is 0 Å². The highest BCUT2D eigenvalue weighted by atomic mass is 16.6. The van der Waals surface area contributed by atoms with Crippen LogP contribution >= 0.6 is 0 Å². The molecule has 20 heavy (non-hydrogen) atoms. The molecule has 0 aromatic carbocycles. The molecule has 0 unspecified atom stereocenters. The number of hydrogen-bond acceptors (Lipinski definition) is 5. The molecule has 1 aromatic rings. The van der Waals surface area contributed by atoms with E-state index in [0.29, 0.717) is 30.1 Å². The molecule has 7 nitrogen and oxygen atoms in total. The van der Waals surface area contributed by atoms with E-state index in [9.17, 15) is 10.1 Å². The minimum absolute atomic E-state index is 0.0631. The molecule has 114 valence electrons. The van der Waals surface area contributed by atoms with Gasteiger partial charge in [0.1, 0.15) is 5.69 Å². The van der Waals surface area contributed by atoms with Crippen LogP contribution in [0.3, 0.4) is 0 Å². The lowest BCUT2D eigenvalue weighted by atomic mass is 10.2. The summed E-state index contributed by atoms with van der Waals surface area (Å²) in [4.78, 5) is 13.0. The summed E-state index contributed by atoms with van der Waals surface area (Å²) >= 11 is 0. The third-order valence-electron chi connectivity index (χ3n) is 3.36. The van der Waals surface area contributed by atoms with Gasteiger partial charge in [0, 0.05) is 32.2 Å². The van der Waals surface area contributed by atoms with E-state index in [4.69, 9.17) is 0 Å². The zero-order valence-electron chi connectivity index (χ0n) is 13.2. The molecular formula is C13H25N5O2. The van der Waals surface area contributed by atoms with Crippen LogP contribution < -0.4 is 5.32 Å². The SMILES string of the molecule is Cc1nn(C)c(NCCN(C(C)C)C(C)C)c1[N+](=O)[O-]. The normalized spacial score (nSPS) is 11.7. The smallest absolute Gasteiger partial charge is 0.333 e. The molecule has 7 heteroatoms. The Hall–Kier alpha value is -1.63. The Morgan fingerprint density at radius 2 is 1.90 bits per heavy atom. The third-order valence-corrected chi connectivity index (χ3v) is 3.36. The zero-order valence-corrected chi connectivity index (χ0v) is 13.2. The Labute approximate surface area is 120 Å². The number of aryl methyl sites for hydroxylation is 2. The third kappa shape index (κ3) is 3.69. The van der Waals surface area contributed by atoms with Crippen molar-refractivity contribution in [3.8, 4) is 0 Å². The van der Waals surface area contributed by atoms with Crippen molar-refractivity contribution in [2.75, 3.05) is 18.4 Å². The van der Waals surface area contributed by atoms with Gasteiger partial charge in [-0.1, -0.05) is 0 Å². The maximum absolute atomic E-state index is 11.1. The molecule has 0 spiro atoms. The van der Waals surface area contributed by atoms with Gasteiger partial charge in [-0.2, -0.15) is 5.10 Å². The average Bonchev–Trinajstić information content (AvgIpc) is 2.58. The molecule has 0 saturated carbocycles. The molecule has 0 radical (unpaired) electrons. The zero-order chi connectivity index (χ0) is 15.4. The Kier molecular flexibility index (Phi) is 5.50. The average molecular weight is 283 g/mol. The van der Waals surface area contributed by atoms with E-state index in [2.05, 4.69) is 43.0 Å². The van der Waals surface area contributed by atoms with Gasteiger partial charge in [-0.05, 0) is 34.6 Å². The topological polar surface area (TPSA) is 76.2 Å². The summed E-state index contributed by atoms with van der Waals surface area (Å²) in [6, 6.07) is 0.889. The van der Waals surface area contributed by atoms with Gasteiger partial charge in [0.2, 0.25) is 5.82 Å². The molecule has 0 saturated heterocycles. The fourth-order valence-electron chi connectivity index (χ4n) is 2.48. The first-order valence-corrected chi connectivity index (χ1v) is 6.93. The molecule has 1 heterocycles. The van der Waals surface area contributed by atoms with Crippen molar-refractivity contribution in [1.29, 1.82) is 0 Å². The van der Waals surface area contributed by atoms with E-state index in [0.717, 1.165) is 6.54 Å². The molecule has 0 bridgehead atoms. The lowest BCUT2D eigenvalue weighted by Crippen LogP contribution is -2.40. The van der Waals surface area contributed by atoms with Gasteiger partial charge in [0.25, 0.3) is 0 Å². The van der Waals surface area contributed by atoms with Crippen molar-refractivity contribution in [2.45, 2.75) is 46.7 Å². The summed E-state index contributed by atoms with van der Waals surface area (Å²) in [7, 11) is 1.71. The minimum Gasteiger partial charge on any atom is -0.363 e. The predicted molar refractivity (Wildman–Crippen MR) is 80.1 cm³/mol. The molecule has 0 aliphatic carbocycles. The number of anilines is 1. The minimum atomic E-state index is -0.382. The van der Waals surface area contributed by atoms with Crippen LogP contribution in [-0.4, -0.2) is 44.8 Å². The molecular weight excluding hydrogens is 258 g/mol. The van der Waals surface area contributed by atoms with Crippen LogP contribution in [0.15, 0.2) is 0 Å².